The average Bonchev–Trinajstić information content (AvgIpc) is 2.99. The highest BCUT2D eigenvalue weighted by atomic mass is 35.5. The first kappa shape index (κ1) is 32.4. The lowest BCUT2D eigenvalue weighted by atomic mass is 9.95. The highest BCUT2D eigenvalue weighted by Gasteiger charge is 2.31. The van der Waals surface area contributed by atoms with E-state index in [0.717, 1.165) is 42.6 Å². The molecule has 1 saturated heterocycles. The van der Waals surface area contributed by atoms with Crippen molar-refractivity contribution in [3.8, 4) is 0 Å². The number of allylic oxidation sites excluding steroid dienone is 4. The predicted molar refractivity (Wildman–Crippen MR) is 171 cm³/mol. The van der Waals surface area contributed by atoms with Crippen LogP contribution < -0.4 is 5.32 Å². The van der Waals surface area contributed by atoms with E-state index < -0.39 is 6.04 Å². The number of nitrogens with zero attached hydrogens (tertiary/aromatic N) is 2. The van der Waals surface area contributed by atoms with Gasteiger partial charge in [-0.25, -0.2) is 0 Å². The number of benzene rings is 2. The number of halogens is 1. The van der Waals surface area contributed by atoms with Crippen LogP contribution in [0.5, 0.6) is 0 Å². The maximum atomic E-state index is 13.8. The first-order valence-corrected chi connectivity index (χ1v) is 15.2. The highest BCUT2D eigenvalue weighted by Crippen LogP contribution is 2.25. The van der Waals surface area contributed by atoms with E-state index in [2.05, 4.69) is 68.4 Å². The minimum absolute atomic E-state index is 0.0321. The second-order valence-electron chi connectivity index (χ2n) is 11.0. The van der Waals surface area contributed by atoms with Gasteiger partial charge in [-0.3, -0.25) is 14.5 Å². The van der Waals surface area contributed by atoms with Crippen molar-refractivity contribution in [2.24, 2.45) is 5.92 Å². The van der Waals surface area contributed by atoms with E-state index in [0.29, 0.717) is 31.0 Å². The lowest BCUT2D eigenvalue weighted by Crippen LogP contribution is -2.56. The van der Waals surface area contributed by atoms with Crippen LogP contribution in [0, 0.1) is 12.8 Å². The number of nitrogens with one attached hydrogen (secondary N) is 1. The van der Waals surface area contributed by atoms with Gasteiger partial charge in [0, 0.05) is 49.6 Å². The van der Waals surface area contributed by atoms with Crippen LogP contribution in [0.15, 0.2) is 85.0 Å². The number of carbonyl (C=O) groups excluding carboxylic acids is 2. The summed E-state index contributed by atoms with van der Waals surface area (Å²) in [6.07, 6.45) is 6.43. The van der Waals surface area contributed by atoms with Gasteiger partial charge in [0.1, 0.15) is 6.04 Å². The van der Waals surface area contributed by atoms with E-state index in [1.165, 1.54) is 11.1 Å². The lowest BCUT2D eigenvalue weighted by molar-refractivity contribution is -0.139. The third kappa shape index (κ3) is 8.92. The van der Waals surface area contributed by atoms with Crippen molar-refractivity contribution in [2.75, 3.05) is 26.2 Å². The summed E-state index contributed by atoms with van der Waals surface area (Å²) in [5, 5.41) is 3.75. The summed E-state index contributed by atoms with van der Waals surface area (Å²) in [6, 6.07) is 15.6. The SMILES string of the molecule is C=C/C(CC)=C(\C=C)CCC(C)C(=O)NC(Cc1ccc(Cl)cc1)C(=O)N1CCN(C(C)c2ccccc2C)CC1. The van der Waals surface area contributed by atoms with E-state index in [4.69, 9.17) is 11.6 Å². The van der Waals surface area contributed by atoms with Crippen LogP contribution in [0.25, 0.3) is 0 Å². The largest absolute Gasteiger partial charge is 0.344 e. The van der Waals surface area contributed by atoms with Gasteiger partial charge in [0.15, 0.2) is 0 Å². The Balaban J connectivity index is 1.68. The van der Waals surface area contributed by atoms with Crippen LogP contribution in [0.2, 0.25) is 5.02 Å². The molecule has 0 aliphatic carbocycles. The summed E-state index contributed by atoms with van der Waals surface area (Å²) in [4.78, 5) is 31.5. The maximum absolute atomic E-state index is 13.8. The topological polar surface area (TPSA) is 52.7 Å². The molecule has 1 heterocycles. The van der Waals surface area contributed by atoms with Crippen LogP contribution >= 0.6 is 11.6 Å². The Bertz CT molecular complexity index is 1230. The van der Waals surface area contributed by atoms with E-state index in [1.54, 1.807) is 0 Å². The van der Waals surface area contributed by atoms with Crippen molar-refractivity contribution in [1.29, 1.82) is 0 Å². The highest BCUT2D eigenvalue weighted by molar-refractivity contribution is 6.30. The molecule has 1 fully saturated rings. The molecule has 0 radical (unpaired) electrons. The summed E-state index contributed by atoms with van der Waals surface area (Å²) < 4.78 is 0. The van der Waals surface area contributed by atoms with Crippen LogP contribution in [0.3, 0.4) is 0 Å². The molecule has 220 valence electrons. The van der Waals surface area contributed by atoms with Gasteiger partial charge in [0.05, 0.1) is 0 Å². The summed E-state index contributed by atoms with van der Waals surface area (Å²) in [6.45, 7) is 19.1. The maximum Gasteiger partial charge on any atom is 0.245 e. The van der Waals surface area contributed by atoms with Crippen LogP contribution in [-0.4, -0.2) is 53.8 Å². The first-order chi connectivity index (χ1) is 19.7. The number of hydrogen-bond donors (Lipinski definition) is 1. The lowest BCUT2D eigenvalue weighted by Gasteiger charge is -2.40. The molecule has 3 atom stereocenters. The Labute approximate surface area is 252 Å². The van der Waals surface area contributed by atoms with Gasteiger partial charge in [-0.1, -0.05) is 87.2 Å². The molecule has 1 aliphatic heterocycles. The molecule has 41 heavy (non-hydrogen) atoms. The van der Waals surface area contributed by atoms with Gasteiger partial charge in [0.2, 0.25) is 11.8 Å². The number of carbonyl (C=O) groups is 2. The Morgan fingerprint density at radius 3 is 2.20 bits per heavy atom. The van der Waals surface area contributed by atoms with E-state index in [-0.39, 0.29) is 23.8 Å². The van der Waals surface area contributed by atoms with Gasteiger partial charge < -0.3 is 10.2 Å². The van der Waals surface area contributed by atoms with Gasteiger partial charge in [-0.15, -0.1) is 0 Å². The Morgan fingerprint density at radius 1 is 0.976 bits per heavy atom. The molecule has 6 heteroatoms. The second kappa shape index (κ2) is 15.7. The molecule has 0 saturated carbocycles. The summed E-state index contributed by atoms with van der Waals surface area (Å²) in [5.41, 5.74) is 5.84. The minimum Gasteiger partial charge on any atom is -0.344 e. The molecule has 5 nitrogen and oxygen atoms in total. The van der Waals surface area contributed by atoms with Crippen molar-refractivity contribution in [3.63, 3.8) is 0 Å². The van der Waals surface area contributed by atoms with Gasteiger partial charge in [0.25, 0.3) is 0 Å². The summed E-state index contributed by atoms with van der Waals surface area (Å²) >= 11 is 6.10. The van der Waals surface area contributed by atoms with Crippen molar-refractivity contribution in [1.82, 2.24) is 15.1 Å². The molecule has 2 aromatic rings. The number of aryl methyl sites for hydroxylation is 1. The van der Waals surface area contributed by atoms with Crippen molar-refractivity contribution >= 4 is 23.4 Å². The molecule has 2 amide bonds. The zero-order chi connectivity index (χ0) is 29.9. The third-order valence-electron chi connectivity index (χ3n) is 8.36. The molecule has 3 unspecified atom stereocenters. The molecule has 0 aromatic heterocycles. The monoisotopic (exact) mass is 575 g/mol. The summed E-state index contributed by atoms with van der Waals surface area (Å²) in [7, 11) is 0. The fourth-order valence-electron chi connectivity index (χ4n) is 5.57. The van der Waals surface area contributed by atoms with Crippen LogP contribution in [-0.2, 0) is 16.0 Å². The van der Waals surface area contributed by atoms with Gasteiger partial charge in [-0.05, 0) is 73.1 Å². The molecule has 3 rings (SSSR count). The zero-order valence-corrected chi connectivity index (χ0v) is 25.9. The first-order valence-electron chi connectivity index (χ1n) is 14.8. The Hall–Kier alpha value is -3.15. The predicted octanol–water partition coefficient (Wildman–Crippen LogP) is 7.08. The second-order valence-corrected chi connectivity index (χ2v) is 11.5. The molecular formula is C35H46ClN3O2. The number of hydrogen-bond acceptors (Lipinski definition) is 3. The Morgan fingerprint density at radius 2 is 1.61 bits per heavy atom. The zero-order valence-electron chi connectivity index (χ0n) is 25.2. The fourth-order valence-corrected chi connectivity index (χ4v) is 5.70. The molecule has 2 aromatic carbocycles. The average molecular weight is 576 g/mol. The fraction of sp³-hybridized carbons (Fsp3) is 0.429. The Kier molecular flexibility index (Phi) is 12.4. The number of amides is 2. The molecule has 1 aliphatic rings. The molecule has 0 spiro atoms. The van der Waals surface area contributed by atoms with Crippen molar-refractivity contribution in [3.05, 3.63) is 107 Å². The van der Waals surface area contributed by atoms with Gasteiger partial charge in [-0.2, -0.15) is 0 Å². The van der Waals surface area contributed by atoms with Gasteiger partial charge >= 0.3 is 0 Å². The third-order valence-corrected chi connectivity index (χ3v) is 8.61. The summed E-state index contributed by atoms with van der Waals surface area (Å²) in [5.74, 6) is -0.389. The normalized spacial score (nSPS) is 16.8. The van der Waals surface area contributed by atoms with E-state index in [1.807, 2.05) is 48.2 Å². The van der Waals surface area contributed by atoms with E-state index >= 15 is 0 Å². The minimum atomic E-state index is -0.639. The smallest absolute Gasteiger partial charge is 0.245 e. The number of rotatable bonds is 13. The standard InChI is InChI=1S/C35H46ClN3O2/c1-7-29(8-2)30(9-3)17-14-26(5)34(40)37-33(24-28-15-18-31(36)19-16-28)35(41)39-22-20-38(21-23-39)27(6)32-13-11-10-12-25(32)4/h7,9-13,15-16,18-19,26-27,33H,1,3,8,14,17,20-24H2,2,4-6H3,(H,37,40)/b30-29-. The van der Waals surface area contributed by atoms with Crippen LogP contribution in [0.1, 0.15) is 62.8 Å². The van der Waals surface area contributed by atoms with Crippen molar-refractivity contribution < 1.29 is 9.59 Å². The quantitative estimate of drug-likeness (QED) is 0.260. The van der Waals surface area contributed by atoms with E-state index in [9.17, 15) is 9.59 Å². The molecule has 1 N–H and O–H groups in total. The molecule has 0 bridgehead atoms. The van der Waals surface area contributed by atoms with Crippen molar-refractivity contribution in [2.45, 2.75) is 65.5 Å². The molecular weight excluding hydrogens is 530 g/mol. The van der Waals surface area contributed by atoms with Crippen LogP contribution in [0.4, 0.5) is 0 Å². The number of piperazine rings is 1.